The summed E-state index contributed by atoms with van der Waals surface area (Å²) in [6.45, 7) is 61.3. The number of carbonyl (C=O) groups is 6. The van der Waals surface area contributed by atoms with E-state index in [1.165, 1.54) is 68.1 Å². The van der Waals surface area contributed by atoms with Crippen LogP contribution in [0.1, 0.15) is 171 Å². The third-order valence-corrected chi connectivity index (χ3v) is 25.9. The number of phenolic OH excluding ortho intramolecular Hbond substituents is 1. The number of halogens is 4. The Balaban J connectivity index is 0.000000160. The third kappa shape index (κ3) is 22.6. The highest BCUT2D eigenvalue weighted by Crippen LogP contribution is 2.47. The molecule has 4 heterocycles. The lowest BCUT2D eigenvalue weighted by Crippen LogP contribution is -2.44. The van der Waals surface area contributed by atoms with E-state index in [0.717, 1.165) is 66.8 Å². The molecule has 4 aliphatic carbocycles. The number of rotatable bonds is 20. The van der Waals surface area contributed by atoms with E-state index in [1.54, 1.807) is 201 Å². The predicted octanol–water partition coefficient (Wildman–Crippen LogP) is 20.3. The van der Waals surface area contributed by atoms with Crippen LogP contribution in [0.25, 0.3) is 19.4 Å². The van der Waals surface area contributed by atoms with Gasteiger partial charge >= 0.3 is 12.2 Å². The average molecular weight is 1970 g/mol. The molecule has 0 unspecified atom stereocenters. The van der Waals surface area contributed by atoms with Crippen LogP contribution in [0.4, 0.5) is 95.4 Å². The lowest BCUT2D eigenvalue weighted by Gasteiger charge is -2.29. The molecular formula is C102H110F4N16O13S4. The fourth-order valence-electron chi connectivity index (χ4n) is 15.6. The quantitative estimate of drug-likeness (QED) is 0.0235. The van der Waals surface area contributed by atoms with E-state index in [0.29, 0.717) is 81.1 Å². The van der Waals surface area contributed by atoms with Crippen LogP contribution in [0, 0.1) is 77.3 Å². The summed E-state index contributed by atoms with van der Waals surface area (Å²) >= 11 is 22.5. The summed E-state index contributed by atoms with van der Waals surface area (Å²) < 4.78 is 85.8. The van der Waals surface area contributed by atoms with Gasteiger partial charge in [0.05, 0.1) is 55.1 Å². The van der Waals surface area contributed by atoms with Gasteiger partial charge in [0.15, 0.2) is 89.5 Å². The van der Waals surface area contributed by atoms with Crippen LogP contribution in [0.3, 0.4) is 0 Å². The van der Waals surface area contributed by atoms with E-state index in [-0.39, 0.29) is 104 Å². The molecule has 4 aliphatic heterocycles. The van der Waals surface area contributed by atoms with Crippen molar-refractivity contribution >= 4 is 173 Å². The number of nitrogens with two attached hydrogens (primary N) is 2. The third-order valence-electron chi connectivity index (χ3n) is 24.5. The van der Waals surface area contributed by atoms with Crippen LogP contribution in [0.5, 0.6) is 23.0 Å². The van der Waals surface area contributed by atoms with Crippen LogP contribution in [0.2, 0.25) is 0 Å². The zero-order valence-electron chi connectivity index (χ0n) is 80.4. The van der Waals surface area contributed by atoms with E-state index in [9.17, 15) is 47.0 Å². The number of phenols is 1. The first-order valence-electron chi connectivity index (χ1n) is 44.5. The molecule has 8 aliphatic rings. The van der Waals surface area contributed by atoms with Crippen molar-refractivity contribution < 1.29 is 80.2 Å². The van der Waals surface area contributed by atoms with Gasteiger partial charge in [-0.1, -0.05) is 24.3 Å². The van der Waals surface area contributed by atoms with Crippen molar-refractivity contribution in [1.29, 1.82) is 0 Å². The van der Waals surface area contributed by atoms with Gasteiger partial charge in [0.1, 0.15) is 53.2 Å². The van der Waals surface area contributed by atoms with Gasteiger partial charge < -0.3 is 75.6 Å². The van der Waals surface area contributed by atoms with Crippen molar-refractivity contribution in [1.82, 2.24) is 10.6 Å². The molecule has 16 rings (SSSR count). The molecule has 8 N–H and O–H groups in total. The van der Waals surface area contributed by atoms with Gasteiger partial charge in [-0.15, -0.1) is 0 Å². The average Bonchev–Trinajstić information content (AvgIpc) is 1.60. The Morgan fingerprint density at radius 1 is 0.381 bits per heavy atom. The SMILES string of the molecule is CC(C)(C)OC(=O)NC1(CO)CC1.[C-]#[N+]c1ccc(N2C(=O)C(C)(C)N(c3ccc(O)c(F)c3)C2=S)cc1C.[C-]#[N+]c1ccc(N2C(=O)C(C)(C)N(c3ccc(OCC4(N)CC4)c(F)c3)C2=S)cc1C.[C-]#[N+]c1ccc(N2C(=O)C(C)(C)N(c3ccc(OCC4(N)CC4)c(F)c3)C2=S)cc1C.[C-]#[N+]c1ccc(N2C(=O)C(C)(C)N(c3ccc(OCC4(NC(=O)OC(C)(C)C)CC4)c(F)c3)C2=S)cc1C. The Hall–Kier alpha value is -13.5. The molecule has 0 spiro atoms. The minimum absolute atomic E-state index is 0.00770. The number of nitrogens with zero attached hydrogens (tertiary/aromatic N) is 12. The molecule has 29 nitrogen and oxygen atoms in total. The second kappa shape index (κ2) is 39.4. The van der Waals surface area contributed by atoms with Crippen LogP contribution in [-0.2, 0) is 28.7 Å². The fourth-order valence-corrected chi connectivity index (χ4v) is 17.6. The summed E-state index contributed by atoms with van der Waals surface area (Å²) in [6, 6.07) is 37.8. The van der Waals surface area contributed by atoms with Crippen molar-refractivity contribution in [2.24, 2.45) is 11.5 Å². The second-order valence-corrected chi connectivity index (χ2v) is 41.1. The predicted molar refractivity (Wildman–Crippen MR) is 542 cm³/mol. The smallest absolute Gasteiger partial charge is 0.408 e. The first-order chi connectivity index (χ1) is 64.9. The van der Waals surface area contributed by atoms with Crippen LogP contribution in [-0.4, -0.2) is 148 Å². The van der Waals surface area contributed by atoms with Gasteiger partial charge in [0.25, 0.3) is 23.6 Å². The number of carbonyl (C=O) groups excluding carboxylic acids is 6. The molecule has 4 saturated heterocycles. The molecule has 0 atom stereocenters. The molecule has 0 aromatic heterocycles. The molecule has 37 heteroatoms. The van der Waals surface area contributed by atoms with Crippen LogP contribution < -0.4 is 75.5 Å². The molecule has 0 bridgehead atoms. The molecule has 8 aromatic rings. The number of aryl methyl sites for hydroxylation is 4. The highest BCUT2D eigenvalue weighted by Gasteiger charge is 2.56. The second-order valence-electron chi connectivity index (χ2n) is 39.6. The monoisotopic (exact) mass is 1970 g/mol. The number of hydrogen-bond donors (Lipinski definition) is 6. The first kappa shape index (κ1) is 104. The van der Waals surface area contributed by atoms with Gasteiger partial charge in [0.2, 0.25) is 0 Å². The van der Waals surface area contributed by atoms with E-state index >= 15 is 4.39 Å². The van der Waals surface area contributed by atoms with Gasteiger partial charge in [-0.3, -0.25) is 38.8 Å². The minimum Gasteiger partial charge on any atom is -0.505 e. The summed E-state index contributed by atoms with van der Waals surface area (Å²) in [4.78, 5) is 102. The van der Waals surface area contributed by atoms with Gasteiger partial charge in [-0.05, 0) is 344 Å². The lowest BCUT2D eigenvalue weighted by atomic mass is 10.0. The first-order valence-corrected chi connectivity index (χ1v) is 46.1. The Bertz CT molecular complexity index is 6340. The van der Waals surface area contributed by atoms with E-state index < -0.39 is 80.1 Å². The number of benzene rings is 8. The number of alkyl carbamates (subject to hydrolysis) is 2. The highest BCUT2D eigenvalue weighted by atomic mass is 32.1. The summed E-state index contributed by atoms with van der Waals surface area (Å²) in [5.41, 5.74) is 14.0. The lowest BCUT2D eigenvalue weighted by molar-refractivity contribution is -0.121. The molecule has 0 radical (unpaired) electrons. The normalized spacial score (nSPS) is 18.1. The topological polar surface area (TPSA) is 308 Å². The number of thiocarbonyl (C=S) groups is 4. The largest absolute Gasteiger partial charge is 0.505 e. The Morgan fingerprint density at radius 3 is 0.835 bits per heavy atom. The molecule has 728 valence electrons. The molecule has 139 heavy (non-hydrogen) atoms. The van der Waals surface area contributed by atoms with E-state index in [2.05, 4.69) is 30.0 Å². The molecule has 8 aromatic carbocycles. The number of anilines is 8. The minimum atomic E-state index is -1.08. The Morgan fingerprint density at radius 2 is 0.619 bits per heavy atom. The van der Waals surface area contributed by atoms with Crippen molar-refractivity contribution in [2.45, 2.75) is 232 Å². The Kier molecular flexibility index (Phi) is 29.6. The zero-order chi connectivity index (χ0) is 102. The van der Waals surface area contributed by atoms with Crippen LogP contribution >= 0.6 is 48.9 Å². The number of aliphatic hydroxyl groups excluding tert-OH is 1. The number of aliphatic hydroxyl groups is 1. The Labute approximate surface area is 827 Å². The molecule has 4 saturated carbocycles. The number of ether oxygens (including phenoxy) is 5. The molecule has 8 fully saturated rings. The van der Waals surface area contributed by atoms with Crippen molar-refractivity contribution in [3.8, 4) is 23.0 Å². The maximum Gasteiger partial charge on any atom is 0.408 e. The number of hydrogen-bond acceptors (Lipinski definition) is 19. The highest BCUT2D eigenvalue weighted by molar-refractivity contribution is 7.81. The zero-order valence-corrected chi connectivity index (χ0v) is 83.7. The van der Waals surface area contributed by atoms with Crippen molar-refractivity contribution in [3.05, 3.63) is 237 Å². The van der Waals surface area contributed by atoms with E-state index in [4.69, 9.17) is 115 Å². The fraction of sp³-hybridized carbons (Fsp3) is 0.392. The number of amides is 6. The van der Waals surface area contributed by atoms with Crippen molar-refractivity contribution in [2.75, 3.05) is 65.6 Å². The summed E-state index contributed by atoms with van der Waals surface area (Å²) in [6.07, 6.45) is 5.59. The van der Waals surface area contributed by atoms with Crippen LogP contribution in [0.15, 0.2) is 146 Å². The maximum atomic E-state index is 15.2. The van der Waals surface area contributed by atoms with E-state index in [1.807, 2.05) is 34.6 Å². The van der Waals surface area contributed by atoms with Gasteiger partial charge in [0, 0.05) is 69.8 Å². The van der Waals surface area contributed by atoms with Crippen molar-refractivity contribution in [3.63, 3.8) is 0 Å². The summed E-state index contributed by atoms with van der Waals surface area (Å²) in [7, 11) is 0. The summed E-state index contributed by atoms with van der Waals surface area (Å²) in [5.74, 6) is -3.65. The maximum absolute atomic E-state index is 15.2. The molecular weight excluding hydrogens is 1860 g/mol. The summed E-state index contributed by atoms with van der Waals surface area (Å²) in [5, 5.41) is 24.8. The van der Waals surface area contributed by atoms with Gasteiger partial charge in [-0.2, -0.15) is 0 Å². The number of aromatic hydroxyl groups is 1. The standard InChI is InChI=1S/C28H31FN4O4S.2C23H23FN4O2S.C19H16FN3O2S.C9H17NO3/c1-17-14-18(8-10-21(17)30-7)32-23(34)27(5,6)33(25(32)38)19-9-11-22(20(29)15-19)36-16-28(12-13-28)31-24(35)37-26(2,3)4;2*1-14-11-15(5-7-18(14)26-4)27-20(29)22(2,3)28(21(27)31)16-6-8-19(17(24)12-16)30-13-23(25)9-10-23;1-11-9-12(5-7-15(11)21-4)22-17(25)19(2,3)23(18(22)26)13-6-8-16(24)14(20)10-13;1-8(2,3)13-7(12)10-9(6-11)4-5-9/h8-11,14-15H,12-13,16H2,1-6H3,(H,31,35);2*5-8,11-12H,9-10,13,25H2,1-3H3;5-10,24H,1-3H3;11H,4-6H2,1-3H3,(H,10,12). The number of nitrogens with one attached hydrogen (secondary N) is 2. The van der Waals surface area contributed by atoms with Gasteiger partial charge in [-0.25, -0.2) is 46.5 Å². The molecule has 6 amide bonds.